The van der Waals surface area contributed by atoms with Crippen LogP contribution in [-0.2, 0) is 10.3 Å². The molecule has 5 heteroatoms. The van der Waals surface area contributed by atoms with E-state index < -0.39 is 17.2 Å². The van der Waals surface area contributed by atoms with Crippen molar-refractivity contribution in [2.24, 2.45) is 5.73 Å². The number of halogens is 1. The first-order valence-electron chi connectivity index (χ1n) is 6.13. The monoisotopic (exact) mass is 268 g/mol. The third-order valence-corrected chi connectivity index (χ3v) is 2.67. The van der Waals surface area contributed by atoms with E-state index in [0.29, 0.717) is 0 Å². The summed E-state index contributed by atoms with van der Waals surface area (Å²) in [5, 5.41) is 2.73. The molecule has 1 aromatic carbocycles. The van der Waals surface area contributed by atoms with Crippen molar-refractivity contribution in [2.75, 3.05) is 6.54 Å². The number of rotatable bonds is 3. The van der Waals surface area contributed by atoms with Crippen LogP contribution in [0, 0.1) is 5.82 Å². The van der Waals surface area contributed by atoms with E-state index in [-0.39, 0.29) is 12.4 Å². The van der Waals surface area contributed by atoms with Crippen molar-refractivity contribution < 1.29 is 13.9 Å². The lowest BCUT2D eigenvalue weighted by atomic mass is 9.92. The van der Waals surface area contributed by atoms with Gasteiger partial charge in [-0.2, -0.15) is 0 Å². The summed E-state index contributed by atoms with van der Waals surface area (Å²) >= 11 is 0. The van der Waals surface area contributed by atoms with Crippen LogP contribution in [0.15, 0.2) is 24.3 Å². The number of hydrogen-bond acceptors (Lipinski definition) is 3. The third kappa shape index (κ3) is 4.52. The molecule has 0 aliphatic heterocycles. The molecule has 1 amide bonds. The fourth-order valence-corrected chi connectivity index (χ4v) is 1.59. The second-order valence-electron chi connectivity index (χ2n) is 5.67. The van der Waals surface area contributed by atoms with Gasteiger partial charge in [0.1, 0.15) is 11.4 Å². The zero-order chi connectivity index (χ0) is 14.7. The lowest BCUT2D eigenvalue weighted by Gasteiger charge is -2.31. The zero-order valence-corrected chi connectivity index (χ0v) is 11.8. The summed E-state index contributed by atoms with van der Waals surface area (Å²) in [6.07, 6.45) is -0.551. The molecule has 1 unspecified atom stereocenters. The van der Waals surface area contributed by atoms with Gasteiger partial charge in [-0.1, -0.05) is 12.1 Å². The molecule has 0 aliphatic carbocycles. The molecule has 4 nitrogen and oxygen atoms in total. The highest BCUT2D eigenvalue weighted by atomic mass is 19.1. The van der Waals surface area contributed by atoms with Gasteiger partial charge in [0.15, 0.2) is 0 Å². The molecule has 1 aromatic rings. The van der Waals surface area contributed by atoms with Crippen LogP contribution in [0.25, 0.3) is 0 Å². The number of nitrogens with two attached hydrogens (primary N) is 1. The lowest BCUT2D eigenvalue weighted by Crippen LogP contribution is -2.50. The van der Waals surface area contributed by atoms with E-state index in [2.05, 4.69) is 5.32 Å². The number of amides is 1. The Bertz CT molecular complexity index is 440. The molecule has 19 heavy (non-hydrogen) atoms. The van der Waals surface area contributed by atoms with Crippen LogP contribution < -0.4 is 11.1 Å². The van der Waals surface area contributed by atoms with Crippen molar-refractivity contribution in [3.63, 3.8) is 0 Å². The van der Waals surface area contributed by atoms with Crippen molar-refractivity contribution in [1.82, 2.24) is 5.32 Å². The number of hydrogen-bond donors (Lipinski definition) is 2. The van der Waals surface area contributed by atoms with Gasteiger partial charge in [-0.15, -0.1) is 0 Å². The first-order chi connectivity index (χ1) is 8.66. The van der Waals surface area contributed by atoms with Crippen LogP contribution in [-0.4, -0.2) is 18.2 Å². The van der Waals surface area contributed by atoms with E-state index in [0.717, 1.165) is 5.56 Å². The predicted octanol–water partition coefficient (Wildman–Crippen LogP) is 2.52. The molecule has 0 saturated heterocycles. The number of nitrogens with one attached hydrogen (secondary N) is 1. The van der Waals surface area contributed by atoms with Gasteiger partial charge in [0.2, 0.25) is 0 Å². The molecule has 0 radical (unpaired) electrons. The van der Waals surface area contributed by atoms with E-state index in [4.69, 9.17) is 10.5 Å². The van der Waals surface area contributed by atoms with Crippen LogP contribution in [0.4, 0.5) is 9.18 Å². The molecule has 3 N–H and O–H groups in total. The first-order valence-corrected chi connectivity index (χ1v) is 6.13. The zero-order valence-electron chi connectivity index (χ0n) is 11.8. The second-order valence-corrected chi connectivity index (χ2v) is 5.67. The summed E-state index contributed by atoms with van der Waals surface area (Å²) in [7, 11) is 0. The first kappa shape index (κ1) is 15.4. The molecule has 0 bridgehead atoms. The van der Waals surface area contributed by atoms with E-state index in [1.807, 2.05) is 0 Å². The highest BCUT2D eigenvalue weighted by Gasteiger charge is 2.29. The quantitative estimate of drug-likeness (QED) is 0.885. The van der Waals surface area contributed by atoms with Gasteiger partial charge in [0.25, 0.3) is 0 Å². The number of carbonyl (C=O) groups is 1. The topological polar surface area (TPSA) is 64.3 Å². The van der Waals surface area contributed by atoms with Crippen LogP contribution in [0.1, 0.15) is 33.3 Å². The van der Waals surface area contributed by atoms with Gasteiger partial charge in [0, 0.05) is 6.54 Å². The SMILES string of the molecule is CC(C)(C)OC(=O)NC(C)(CN)c1ccc(F)cc1. The van der Waals surface area contributed by atoms with E-state index in [1.54, 1.807) is 39.8 Å². The molecule has 106 valence electrons. The average molecular weight is 268 g/mol. The second kappa shape index (κ2) is 5.57. The Balaban J connectivity index is 2.86. The molecule has 0 fully saturated rings. The minimum atomic E-state index is -0.796. The van der Waals surface area contributed by atoms with Gasteiger partial charge in [-0.25, -0.2) is 9.18 Å². The maximum absolute atomic E-state index is 12.9. The Morgan fingerprint density at radius 2 is 1.79 bits per heavy atom. The molecular formula is C14H21FN2O2. The predicted molar refractivity (Wildman–Crippen MR) is 72.2 cm³/mol. The molecule has 0 spiro atoms. The average Bonchev–Trinajstić information content (AvgIpc) is 2.26. The highest BCUT2D eigenvalue weighted by Crippen LogP contribution is 2.20. The Morgan fingerprint density at radius 3 is 2.21 bits per heavy atom. The lowest BCUT2D eigenvalue weighted by molar-refractivity contribution is 0.0465. The van der Waals surface area contributed by atoms with E-state index in [1.165, 1.54) is 12.1 Å². The van der Waals surface area contributed by atoms with Crippen LogP contribution in [0.2, 0.25) is 0 Å². The summed E-state index contributed by atoms with van der Waals surface area (Å²) in [5.74, 6) is -0.333. The van der Waals surface area contributed by atoms with Crippen molar-refractivity contribution in [1.29, 1.82) is 0 Å². The minimum absolute atomic E-state index is 0.178. The Kier molecular flexibility index (Phi) is 4.52. The molecule has 0 saturated carbocycles. The van der Waals surface area contributed by atoms with Gasteiger partial charge >= 0.3 is 6.09 Å². The van der Waals surface area contributed by atoms with Gasteiger partial charge in [0.05, 0.1) is 5.54 Å². The smallest absolute Gasteiger partial charge is 0.408 e. The fourth-order valence-electron chi connectivity index (χ4n) is 1.59. The Labute approximate surface area is 113 Å². The minimum Gasteiger partial charge on any atom is -0.444 e. The van der Waals surface area contributed by atoms with Crippen molar-refractivity contribution in [3.8, 4) is 0 Å². The number of benzene rings is 1. The van der Waals surface area contributed by atoms with E-state index in [9.17, 15) is 9.18 Å². The summed E-state index contributed by atoms with van der Waals surface area (Å²) in [4.78, 5) is 11.8. The standard InChI is InChI=1S/C14H21FN2O2/c1-13(2,3)19-12(18)17-14(4,9-16)10-5-7-11(15)8-6-10/h5-8H,9,16H2,1-4H3,(H,17,18). The fraction of sp³-hybridized carbons (Fsp3) is 0.500. The highest BCUT2D eigenvalue weighted by molar-refractivity contribution is 5.69. The molecule has 1 atom stereocenters. The molecule has 0 heterocycles. The number of alkyl carbamates (subject to hydrolysis) is 1. The summed E-state index contributed by atoms with van der Waals surface area (Å²) < 4.78 is 18.1. The normalized spacial score (nSPS) is 14.6. The van der Waals surface area contributed by atoms with Crippen LogP contribution in [0.5, 0.6) is 0 Å². The van der Waals surface area contributed by atoms with Crippen LogP contribution >= 0.6 is 0 Å². The summed E-state index contributed by atoms with van der Waals surface area (Å²) in [6.45, 7) is 7.29. The summed E-state index contributed by atoms with van der Waals surface area (Å²) in [5.41, 5.74) is 5.07. The van der Waals surface area contributed by atoms with E-state index >= 15 is 0 Å². The third-order valence-electron chi connectivity index (χ3n) is 2.67. The van der Waals surface area contributed by atoms with Crippen molar-refractivity contribution in [2.45, 2.75) is 38.8 Å². The molecular weight excluding hydrogens is 247 g/mol. The molecule has 0 aliphatic rings. The Hall–Kier alpha value is -1.62. The van der Waals surface area contributed by atoms with Crippen LogP contribution in [0.3, 0.4) is 0 Å². The summed E-state index contributed by atoms with van der Waals surface area (Å²) in [6, 6.07) is 5.86. The Morgan fingerprint density at radius 1 is 1.26 bits per heavy atom. The largest absolute Gasteiger partial charge is 0.444 e. The maximum atomic E-state index is 12.9. The van der Waals surface area contributed by atoms with Gasteiger partial charge in [-0.3, -0.25) is 0 Å². The van der Waals surface area contributed by atoms with Crippen molar-refractivity contribution in [3.05, 3.63) is 35.6 Å². The number of carbonyl (C=O) groups excluding carboxylic acids is 1. The van der Waals surface area contributed by atoms with Gasteiger partial charge in [-0.05, 0) is 45.4 Å². The number of ether oxygens (including phenoxy) is 1. The molecule has 1 rings (SSSR count). The maximum Gasteiger partial charge on any atom is 0.408 e. The van der Waals surface area contributed by atoms with Gasteiger partial charge < -0.3 is 15.8 Å². The molecule has 0 aromatic heterocycles. The van der Waals surface area contributed by atoms with Crippen molar-refractivity contribution >= 4 is 6.09 Å².